The van der Waals surface area contributed by atoms with Crippen LogP contribution < -0.4 is 5.73 Å². The molecule has 80 valence electrons. The van der Waals surface area contributed by atoms with E-state index in [1.807, 2.05) is 6.07 Å². The molecule has 0 bridgehead atoms. The molecule has 0 fully saturated rings. The Morgan fingerprint density at radius 2 is 2.25 bits per heavy atom. The van der Waals surface area contributed by atoms with E-state index in [4.69, 9.17) is 11.0 Å². The van der Waals surface area contributed by atoms with Crippen LogP contribution in [0.25, 0.3) is 5.69 Å². The Balaban J connectivity index is 2.58. The average Bonchev–Trinajstić information content (AvgIpc) is 2.55. The fourth-order valence-electron chi connectivity index (χ4n) is 1.37. The first kappa shape index (κ1) is 10.1. The van der Waals surface area contributed by atoms with Crippen LogP contribution >= 0.6 is 0 Å². The highest BCUT2D eigenvalue weighted by Gasteiger charge is 2.13. The number of nitriles is 1. The van der Waals surface area contributed by atoms with Crippen LogP contribution in [0.5, 0.6) is 0 Å². The number of hydrogen-bond acceptors (Lipinski definition) is 4. The van der Waals surface area contributed by atoms with E-state index in [2.05, 4.69) is 10.1 Å². The van der Waals surface area contributed by atoms with Crippen molar-refractivity contribution in [3.63, 3.8) is 0 Å². The second-order valence-electron chi connectivity index (χ2n) is 3.21. The molecule has 0 saturated heterocycles. The van der Waals surface area contributed by atoms with Gasteiger partial charge in [0, 0.05) is 0 Å². The van der Waals surface area contributed by atoms with E-state index < -0.39 is 5.95 Å². The number of rotatable bonds is 1. The monoisotopic (exact) mass is 217 g/mol. The molecule has 0 saturated carbocycles. The predicted octanol–water partition coefficient (Wildman–Crippen LogP) is 1.17. The minimum Gasteiger partial charge on any atom is -0.382 e. The quantitative estimate of drug-likeness (QED) is 0.727. The summed E-state index contributed by atoms with van der Waals surface area (Å²) in [6.45, 7) is 1.68. The second kappa shape index (κ2) is 3.62. The van der Waals surface area contributed by atoms with E-state index in [0.717, 1.165) is 0 Å². The van der Waals surface area contributed by atoms with Gasteiger partial charge in [0.2, 0.25) is 5.95 Å². The molecule has 0 atom stereocenters. The van der Waals surface area contributed by atoms with E-state index >= 15 is 0 Å². The van der Waals surface area contributed by atoms with Gasteiger partial charge in [-0.25, -0.2) is 9.67 Å². The van der Waals surface area contributed by atoms with E-state index in [0.29, 0.717) is 16.9 Å². The summed E-state index contributed by atoms with van der Waals surface area (Å²) in [5.74, 6) is -0.347. The van der Waals surface area contributed by atoms with Crippen molar-refractivity contribution >= 4 is 5.82 Å². The van der Waals surface area contributed by atoms with E-state index in [9.17, 15) is 4.39 Å². The van der Waals surface area contributed by atoms with E-state index in [1.54, 1.807) is 6.92 Å². The van der Waals surface area contributed by atoms with Crippen molar-refractivity contribution in [2.45, 2.75) is 6.92 Å². The zero-order chi connectivity index (χ0) is 11.7. The molecule has 0 aliphatic rings. The number of anilines is 1. The van der Waals surface area contributed by atoms with Crippen LogP contribution in [0.1, 0.15) is 11.3 Å². The van der Waals surface area contributed by atoms with Gasteiger partial charge in [-0.2, -0.15) is 14.8 Å². The SMILES string of the molecule is Cc1nn(-c2ccc(F)nc2)c(N)c1C#N. The smallest absolute Gasteiger partial charge is 0.212 e. The number of pyridine rings is 1. The van der Waals surface area contributed by atoms with Crippen molar-refractivity contribution in [3.8, 4) is 11.8 Å². The van der Waals surface area contributed by atoms with E-state index in [-0.39, 0.29) is 5.82 Å². The lowest BCUT2D eigenvalue weighted by atomic mass is 10.3. The molecule has 0 unspecified atom stereocenters. The fourth-order valence-corrected chi connectivity index (χ4v) is 1.37. The first-order valence-electron chi connectivity index (χ1n) is 4.50. The maximum Gasteiger partial charge on any atom is 0.212 e. The third-order valence-corrected chi connectivity index (χ3v) is 2.16. The van der Waals surface area contributed by atoms with Crippen molar-refractivity contribution in [1.29, 1.82) is 5.26 Å². The molecular formula is C10H8FN5. The van der Waals surface area contributed by atoms with Crippen LogP contribution in [0.3, 0.4) is 0 Å². The third-order valence-electron chi connectivity index (χ3n) is 2.16. The van der Waals surface area contributed by atoms with Crippen molar-refractivity contribution in [2.24, 2.45) is 0 Å². The predicted molar refractivity (Wildman–Crippen MR) is 55.2 cm³/mol. The summed E-state index contributed by atoms with van der Waals surface area (Å²) in [5, 5.41) is 12.9. The van der Waals surface area contributed by atoms with Gasteiger partial charge in [0.05, 0.1) is 17.6 Å². The number of nitrogen functional groups attached to an aromatic ring is 1. The highest BCUT2D eigenvalue weighted by Crippen LogP contribution is 2.19. The van der Waals surface area contributed by atoms with Gasteiger partial charge in [-0.15, -0.1) is 0 Å². The van der Waals surface area contributed by atoms with Gasteiger partial charge in [-0.1, -0.05) is 0 Å². The highest BCUT2D eigenvalue weighted by atomic mass is 19.1. The minimum atomic E-state index is -0.577. The molecule has 2 N–H and O–H groups in total. The Labute approximate surface area is 90.9 Å². The Morgan fingerprint density at radius 3 is 2.75 bits per heavy atom. The van der Waals surface area contributed by atoms with Crippen molar-refractivity contribution in [3.05, 3.63) is 35.5 Å². The van der Waals surface area contributed by atoms with Crippen molar-refractivity contribution in [1.82, 2.24) is 14.8 Å². The molecule has 0 aromatic carbocycles. The summed E-state index contributed by atoms with van der Waals surface area (Å²) in [6, 6.07) is 4.66. The molecule has 2 aromatic heterocycles. The van der Waals surface area contributed by atoms with Gasteiger partial charge in [0.15, 0.2) is 0 Å². The molecule has 0 radical (unpaired) electrons. The summed E-state index contributed by atoms with van der Waals surface area (Å²) < 4.78 is 14.0. The zero-order valence-electron chi connectivity index (χ0n) is 8.48. The Kier molecular flexibility index (Phi) is 2.29. The fraction of sp³-hybridized carbons (Fsp3) is 0.100. The second-order valence-corrected chi connectivity index (χ2v) is 3.21. The van der Waals surface area contributed by atoms with Gasteiger partial charge in [-0.05, 0) is 19.1 Å². The number of aromatic nitrogens is 3. The first-order chi connectivity index (χ1) is 7.63. The molecule has 0 spiro atoms. The van der Waals surface area contributed by atoms with Crippen LogP contribution in [-0.2, 0) is 0 Å². The van der Waals surface area contributed by atoms with Crippen LogP contribution in [-0.4, -0.2) is 14.8 Å². The zero-order valence-corrected chi connectivity index (χ0v) is 8.48. The lowest BCUT2D eigenvalue weighted by Gasteiger charge is -2.02. The summed E-state index contributed by atoms with van der Waals surface area (Å²) in [6.07, 6.45) is 1.30. The van der Waals surface area contributed by atoms with Gasteiger partial charge >= 0.3 is 0 Å². The molecule has 0 amide bonds. The maximum absolute atomic E-state index is 12.6. The van der Waals surface area contributed by atoms with Crippen LogP contribution in [0, 0.1) is 24.2 Å². The van der Waals surface area contributed by atoms with Gasteiger partial charge in [-0.3, -0.25) is 0 Å². The van der Waals surface area contributed by atoms with Gasteiger partial charge < -0.3 is 5.73 Å². The molecule has 16 heavy (non-hydrogen) atoms. The summed E-state index contributed by atoms with van der Waals surface area (Å²) in [4.78, 5) is 3.50. The third kappa shape index (κ3) is 1.48. The molecular weight excluding hydrogens is 209 g/mol. The molecule has 6 heteroatoms. The average molecular weight is 217 g/mol. The Morgan fingerprint density at radius 1 is 1.50 bits per heavy atom. The lowest BCUT2D eigenvalue weighted by Crippen LogP contribution is -2.03. The lowest BCUT2D eigenvalue weighted by molar-refractivity contribution is 0.582. The van der Waals surface area contributed by atoms with Crippen LogP contribution in [0.15, 0.2) is 18.3 Å². The molecule has 0 aliphatic carbocycles. The normalized spacial score (nSPS) is 10.1. The number of nitrogens with zero attached hydrogens (tertiary/aromatic N) is 4. The standard InChI is InChI=1S/C10H8FN5/c1-6-8(4-12)10(13)16(15-6)7-2-3-9(11)14-5-7/h2-3,5H,13H2,1H3. The van der Waals surface area contributed by atoms with Crippen molar-refractivity contribution < 1.29 is 4.39 Å². The number of nitrogens with two attached hydrogens (primary N) is 1. The molecule has 0 aliphatic heterocycles. The summed E-state index contributed by atoms with van der Waals surface area (Å²) in [7, 11) is 0. The highest BCUT2D eigenvalue weighted by molar-refractivity contribution is 5.55. The summed E-state index contributed by atoms with van der Waals surface area (Å²) in [5.41, 5.74) is 7.11. The summed E-state index contributed by atoms with van der Waals surface area (Å²) >= 11 is 0. The largest absolute Gasteiger partial charge is 0.382 e. The number of hydrogen-bond donors (Lipinski definition) is 1. The van der Waals surface area contributed by atoms with Gasteiger partial charge in [0.25, 0.3) is 0 Å². The maximum atomic E-state index is 12.6. The van der Waals surface area contributed by atoms with Gasteiger partial charge in [0.1, 0.15) is 17.5 Å². The topological polar surface area (TPSA) is 80.5 Å². The molecule has 2 heterocycles. The van der Waals surface area contributed by atoms with E-state index in [1.165, 1.54) is 23.0 Å². The van der Waals surface area contributed by atoms with Crippen molar-refractivity contribution in [2.75, 3.05) is 5.73 Å². The molecule has 2 aromatic rings. The van der Waals surface area contributed by atoms with Crippen LogP contribution in [0.4, 0.5) is 10.2 Å². The Hall–Kier alpha value is -2.42. The number of halogens is 1. The molecule has 5 nitrogen and oxygen atoms in total. The Bertz CT molecular complexity index is 564. The minimum absolute atomic E-state index is 0.230. The number of aryl methyl sites for hydroxylation is 1. The first-order valence-corrected chi connectivity index (χ1v) is 4.50. The molecule has 2 rings (SSSR count). The van der Waals surface area contributed by atoms with Crippen LogP contribution in [0.2, 0.25) is 0 Å².